The van der Waals surface area contributed by atoms with Gasteiger partial charge in [-0.25, -0.2) is 0 Å². The molecule has 2 heteroatoms. The van der Waals surface area contributed by atoms with Crippen LogP contribution in [0.1, 0.15) is 118 Å². The van der Waals surface area contributed by atoms with Crippen LogP contribution in [0.5, 0.6) is 0 Å². The Hall–Kier alpha value is -0.0800. The van der Waals surface area contributed by atoms with Crippen LogP contribution < -0.4 is 0 Å². The second-order valence-corrected chi connectivity index (χ2v) is 13.0. The predicted octanol–water partition coefficient (Wildman–Crippen LogP) is 6.73. The number of rotatable bonds is 5. The van der Waals surface area contributed by atoms with E-state index in [4.69, 9.17) is 0 Å². The highest BCUT2D eigenvalue weighted by Gasteiger charge is 2.63. The predicted molar refractivity (Wildman–Crippen MR) is 121 cm³/mol. The van der Waals surface area contributed by atoms with Gasteiger partial charge in [0, 0.05) is 0 Å². The molecule has 0 aromatic rings. The Morgan fingerprint density at radius 3 is 2.38 bits per heavy atom. The molecule has 4 fully saturated rings. The summed E-state index contributed by atoms with van der Waals surface area (Å²) in [6.07, 6.45) is 16.1. The first-order valence-electron chi connectivity index (χ1n) is 12.9. The maximum absolute atomic E-state index is 11.6. The normalized spacial score (nSPS) is 48.5. The average Bonchev–Trinajstić information content (AvgIpc) is 2.98. The van der Waals surface area contributed by atoms with E-state index in [0.29, 0.717) is 5.41 Å². The van der Waals surface area contributed by atoms with Crippen LogP contribution in [0.15, 0.2) is 0 Å². The monoisotopic (exact) mass is 404 g/mol. The Morgan fingerprint density at radius 1 is 0.931 bits per heavy atom. The first-order valence-corrected chi connectivity index (χ1v) is 12.9. The standard InChI is InChI=1S/C27H48O2/c1-19(9-8-14-24(2,3)28)21-10-11-22-20-12-18-27(29)16-7-6-15-26(27,5)23(20)13-17-25(21,22)4/h19-23,28-29H,6-18H2,1-5H3/t19-,20+,21-,22+,23+,25-,26-,27?/m1/s1. The van der Waals surface area contributed by atoms with Gasteiger partial charge in [0.1, 0.15) is 0 Å². The van der Waals surface area contributed by atoms with E-state index >= 15 is 0 Å². The minimum Gasteiger partial charge on any atom is -0.390 e. The maximum atomic E-state index is 11.6. The molecule has 8 atom stereocenters. The molecule has 4 aliphatic carbocycles. The molecule has 2 nitrogen and oxygen atoms in total. The third kappa shape index (κ3) is 3.63. The van der Waals surface area contributed by atoms with Gasteiger partial charge in [0.05, 0.1) is 11.2 Å². The van der Waals surface area contributed by atoms with E-state index in [0.717, 1.165) is 55.3 Å². The van der Waals surface area contributed by atoms with E-state index in [-0.39, 0.29) is 11.0 Å². The first kappa shape index (κ1) is 22.1. The fourth-order valence-electron chi connectivity index (χ4n) is 9.29. The third-order valence-electron chi connectivity index (χ3n) is 11.0. The van der Waals surface area contributed by atoms with Crippen LogP contribution >= 0.6 is 0 Å². The van der Waals surface area contributed by atoms with Crippen LogP contribution in [-0.4, -0.2) is 21.4 Å². The number of hydrogen-bond donors (Lipinski definition) is 2. The van der Waals surface area contributed by atoms with Gasteiger partial charge in [-0.1, -0.05) is 46.5 Å². The molecule has 0 radical (unpaired) electrons. The third-order valence-corrected chi connectivity index (χ3v) is 11.0. The molecule has 0 aromatic carbocycles. The molecule has 0 bridgehead atoms. The largest absolute Gasteiger partial charge is 0.390 e. The highest BCUT2D eigenvalue weighted by atomic mass is 16.3. The lowest BCUT2D eigenvalue weighted by Gasteiger charge is -2.63. The minimum absolute atomic E-state index is 0.173. The summed E-state index contributed by atoms with van der Waals surface area (Å²) in [5.41, 5.74) is -0.210. The summed E-state index contributed by atoms with van der Waals surface area (Å²) >= 11 is 0. The van der Waals surface area contributed by atoms with Gasteiger partial charge in [0.15, 0.2) is 0 Å². The van der Waals surface area contributed by atoms with E-state index in [2.05, 4.69) is 20.8 Å². The van der Waals surface area contributed by atoms with E-state index in [9.17, 15) is 10.2 Å². The van der Waals surface area contributed by atoms with Crippen molar-refractivity contribution in [1.29, 1.82) is 0 Å². The highest BCUT2D eigenvalue weighted by molar-refractivity contribution is 5.13. The summed E-state index contributed by atoms with van der Waals surface area (Å²) in [6.45, 7) is 11.5. The van der Waals surface area contributed by atoms with Crippen molar-refractivity contribution in [2.24, 2.45) is 40.4 Å². The molecule has 4 rings (SSSR count). The maximum Gasteiger partial charge on any atom is 0.0703 e. The van der Waals surface area contributed by atoms with Crippen molar-refractivity contribution in [2.45, 2.75) is 129 Å². The lowest BCUT2D eigenvalue weighted by Crippen LogP contribution is -2.61. The lowest BCUT2D eigenvalue weighted by atomic mass is 9.43. The molecule has 0 amide bonds. The molecule has 2 N–H and O–H groups in total. The lowest BCUT2D eigenvalue weighted by molar-refractivity contribution is -0.205. The van der Waals surface area contributed by atoms with Crippen LogP contribution in [-0.2, 0) is 0 Å². The molecule has 0 spiro atoms. The van der Waals surface area contributed by atoms with E-state index < -0.39 is 5.60 Å². The summed E-state index contributed by atoms with van der Waals surface area (Å²) in [7, 11) is 0. The summed E-state index contributed by atoms with van der Waals surface area (Å²) in [4.78, 5) is 0. The fraction of sp³-hybridized carbons (Fsp3) is 1.00. The Labute approximate surface area is 180 Å². The number of fused-ring (bicyclic) bond motifs is 5. The van der Waals surface area contributed by atoms with Crippen molar-refractivity contribution < 1.29 is 10.2 Å². The van der Waals surface area contributed by atoms with Crippen LogP contribution in [0.3, 0.4) is 0 Å². The molecular formula is C27H48O2. The van der Waals surface area contributed by atoms with Crippen molar-refractivity contribution in [3.05, 3.63) is 0 Å². The van der Waals surface area contributed by atoms with Gasteiger partial charge in [-0.05, 0) is 112 Å². The van der Waals surface area contributed by atoms with Crippen LogP contribution in [0.2, 0.25) is 0 Å². The molecule has 4 saturated carbocycles. The molecule has 0 aromatic heterocycles. The Morgan fingerprint density at radius 2 is 1.66 bits per heavy atom. The Kier molecular flexibility index (Phi) is 5.73. The number of hydrogen-bond acceptors (Lipinski definition) is 2. The summed E-state index contributed by atoms with van der Waals surface area (Å²) in [6, 6.07) is 0. The SMILES string of the molecule is C[C@H](CCCC(C)(C)O)[C@H]1CC[C@H]2[C@@H]3CCC4(O)CCCC[C@]4(C)[C@H]3CC[C@]12C. The van der Waals surface area contributed by atoms with Gasteiger partial charge < -0.3 is 10.2 Å². The van der Waals surface area contributed by atoms with Crippen LogP contribution in [0.25, 0.3) is 0 Å². The zero-order valence-corrected chi connectivity index (χ0v) is 20.0. The van der Waals surface area contributed by atoms with Gasteiger partial charge in [-0.15, -0.1) is 0 Å². The molecule has 4 aliphatic rings. The molecule has 0 saturated heterocycles. The molecule has 0 aliphatic heterocycles. The van der Waals surface area contributed by atoms with Crippen molar-refractivity contribution in [1.82, 2.24) is 0 Å². The second kappa shape index (κ2) is 7.51. The number of aliphatic hydroxyl groups is 2. The summed E-state index contributed by atoms with van der Waals surface area (Å²) < 4.78 is 0. The van der Waals surface area contributed by atoms with Crippen LogP contribution in [0, 0.1) is 40.4 Å². The van der Waals surface area contributed by atoms with Gasteiger partial charge in [-0.3, -0.25) is 0 Å². The second-order valence-electron chi connectivity index (χ2n) is 13.0. The van der Waals surface area contributed by atoms with Crippen LogP contribution in [0.4, 0.5) is 0 Å². The molecule has 1 unspecified atom stereocenters. The molecule has 0 heterocycles. The smallest absolute Gasteiger partial charge is 0.0703 e. The zero-order chi connectivity index (χ0) is 21.1. The minimum atomic E-state index is -0.520. The molecule has 168 valence electrons. The van der Waals surface area contributed by atoms with E-state index in [1.54, 1.807) is 0 Å². The summed E-state index contributed by atoms with van der Waals surface area (Å²) in [5, 5.41) is 21.7. The molecular weight excluding hydrogens is 356 g/mol. The Bertz CT molecular complexity index is 594. The highest BCUT2D eigenvalue weighted by Crippen LogP contribution is 2.69. The summed E-state index contributed by atoms with van der Waals surface area (Å²) in [5.74, 6) is 4.12. The van der Waals surface area contributed by atoms with E-state index in [1.807, 2.05) is 13.8 Å². The van der Waals surface area contributed by atoms with Gasteiger partial charge in [0.2, 0.25) is 0 Å². The Balaban J connectivity index is 1.47. The van der Waals surface area contributed by atoms with Gasteiger partial charge in [0.25, 0.3) is 0 Å². The van der Waals surface area contributed by atoms with E-state index in [1.165, 1.54) is 57.8 Å². The van der Waals surface area contributed by atoms with Crippen molar-refractivity contribution in [3.8, 4) is 0 Å². The molecule has 29 heavy (non-hydrogen) atoms. The zero-order valence-electron chi connectivity index (χ0n) is 20.0. The first-order chi connectivity index (χ1) is 13.5. The quantitative estimate of drug-likeness (QED) is 0.533. The van der Waals surface area contributed by atoms with Crippen molar-refractivity contribution >= 4 is 0 Å². The van der Waals surface area contributed by atoms with Crippen molar-refractivity contribution in [3.63, 3.8) is 0 Å². The average molecular weight is 405 g/mol. The van der Waals surface area contributed by atoms with Gasteiger partial charge >= 0.3 is 0 Å². The van der Waals surface area contributed by atoms with Crippen molar-refractivity contribution in [2.75, 3.05) is 0 Å². The topological polar surface area (TPSA) is 40.5 Å². The fourth-order valence-corrected chi connectivity index (χ4v) is 9.29. The van der Waals surface area contributed by atoms with Gasteiger partial charge in [-0.2, -0.15) is 0 Å².